The van der Waals surface area contributed by atoms with Crippen molar-refractivity contribution < 1.29 is 0 Å². The smallest absolute Gasteiger partial charge is 0.225 e. The average molecular weight is 284 g/mol. The van der Waals surface area contributed by atoms with E-state index in [0.29, 0.717) is 5.95 Å². The van der Waals surface area contributed by atoms with Gasteiger partial charge in [-0.3, -0.25) is 0 Å². The van der Waals surface area contributed by atoms with Crippen molar-refractivity contribution in [2.75, 3.05) is 16.9 Å². The van der Waals surface area contributed by atoms with Crippen molar-refractivity contribution >= 4 is 29.5 Å². The van der Waals surface area contributed by atoms with Crippen LogP contribution in [-0.2, 0) is 0 Å². The Morgan fingerprint density at radius 1 is 1.11 bits per heavy atom. The first kappa shape index (κ1) is 15.3. The first-order valence-electron chi connectivity index (χ1n) is 6.17. The molecule has 18 heavy (non-hydrogen) atoms. The molecule has 1 aromatic rings. The third kappa shape index (κ3) is 8.36. The molecule has 0 radical (unpaired) electrons. The number of hydrogen-bond acceptors (Lipinski definition) is 6. The summed E-state index contributed by atoms with van der Waals surface area (Å²) < 4.78 is 0. The molecule has 2 rings (SSSR count). The van der Waals surface area contributed by atoms with Gasteiger partial charge in [0.15, 0.2) is 0 Å². The number of nitrogens with one attached hydrogen (secondary N) is 1. The SMILES string of the molecule is C1=CSCS1.CCCCCCNc1ncncn1. The maximum atomic E-state index is 3.96. The third-order valence-electron chi connectivity index (χ3n) is 2.19. The molecule has 6 heteroatoms. The molecular formula is C12H20N4S2. The summed E-state index contributed by atoms with van der Waals surface area (Å²) >= 11 is 3.71. The highest BCUT2D eigenvalue weighted by Crippen LogP contribution is 2.22. The Morgan fingerprint density at radius 3 is 2.39 bits per heavy atom. The zero-order chi connectivity index (χ0) is 12.9. The minimum Gasteiger partial charge on any atom is -0.354 e. The highest BCUT2D eigenvalue weighted by molar-refractivity contribution is 8.21. The average Bonchev–Trinajstić information content (AvgIpc) is 2.99. The molecule has 0 atom stereocenters. The van der Waals surface area contributed by atoms with E-state index in [2.05, 4.69) is 38.0 Å². The van der Waals surface area contributed by atoms with Gasteiger partial charge in [-0.25, -0.2) is 15.0 Å². The summed E-state index contributed by atoms with van der Waals surface area (Å²) in [5.41, 5.74) is 0. The molecule has 0 aliphatic carbocycles. The Balaban J connectivity index is 0.000000269. The maximum Gasteiger partial charge on any atom is 0.225 e. The fraction of sp³-hybridized carbons (Fsp3) is 0.583. The molecule has 2 heterocycles. The van der Waals surface area contributed by atoms with Crippen LogP contribution in [0.4, 0.5) is 5.95 Å². The van der Waals surface area contributed by atoms with Gasteiger partial charge in [-0.1, -0.05) is 26.2 Å². The normalized spacial score (nSPS) is 12.9. The lowest BCUT2D eigenvalue weighted by Gasteiger charge is -2.02. The van der Waals surface area contributed by atoms with Gasteiger partial charge in [-0.15, -0.1) is 23.5 Å². The largest absolute Gasteiger partial charge is 0.354 e. The van der Waals surface area contributed by atoms with Crippen molar-refractivity contribution in [2.45, 2.75) is 32.6 Å². The molecule has 1 aromatic heterocycles. The van der Waals surface area contributed by atoms with Crippen LogP contribution >= 0.6 is 23.5 Å². The molecule has 0 saturated heterocycles. The lowest BCUT2D eigenvalue weighted by atomic mass is 10.2. The predicted octanol–water partition coefficient (Wildman–Crippen LogP) is 3.76. The molecule has 4 nitrogen and oxygen atoms in total. The summed E-state index contributed by atoms with van der Waals surface area (Å²) in [6.07, 6.45) is 8.03. The van der Waals surface area contributed by atoms with Gasteiger partial charge in [0.05, 0.1) is 0 Å². The van der Waals surface area contributed by atoms with E-state index in [1.807, 2.05) is 23.5 Å². The first-order valence-corrected chi connectivity index (χ1v) is 8.27. The highest BCUT2D eigenvalue weighted by atomic mass is 32.2. The van der Waals surface area contributed by atoms with E-state index in [-0.39, 0.29) is 0 Å². The van der Waals surface area contributed by atoms with Crippen LogP contribution < -0.4 is 5.32 Å². The molecular weight excluding hydrogens is 264 g/mol. The molecule has 0 aromatic carbocycles. The van der Waals surface area contributed by atoms with Crippen molar-refractivity contribution in [2.24, 2.45) is 0 Å². The van der Waals surface area contributed by atoms with Crippen molar-refractivity contribution in [1.82, 2.24) is 15.0 Å². The number of hydrogen-bond donors (Lipinski definition) is 1. The molecule has 0 saturated carbocycles. The summed E-state index contributed by atoms with van der Waals surface area (Å²) in [6.45, 7) is 3.16. The van der Waals surface area contributed by atoms with Crippen LogP contribution in [0, 0.1) is 0 Å². The topological polar surface area (TPSA) is 50.7 Å². The number of aromatic nitrogens is 3. The van der Waals surface area contributed by atoms with Crippen molar-refractivity contribution in [3.63, 3.8) is 0 Å². The Morgan fingerprint density at radius 2 is 1.83 bits per heavy atom. The third-order valence-corrected chi connectivity index (χ3v) is 4.11. The highest BCUT2D eigenvalue weighted by Gasteiger charge is 1.92. The van der Waals surface area contributed by atoms with Crippen LogP contribution in [0.15, 0.2) is 23.5 Å². The van der Waals surface area contributed by atoms with Gasteiger partial charge in [0, 0.05) is 11.6 Å². The molecule has 0 fully saturated rings. The fourth-order valence-corrected chi connectivity index (χ4v) is 2.85. The van der Waals surface area contributed by atoms with Crippen LogP contribution in [-0.4, -0.2) is 26.6 Å². The summed E-state index contributed by atoms with van der Waals surface area (Å²) in [5.74, 6) is 0.673. The molecule has 100 valence electrons. The quantitative estimate of drug-likeness (QED) is 0.803. The summed E-state index contributed by atoms with van der Waals surface area (Å²) in [4.78, 5) is 11.7. The minimum absolute atomic E-state index is 0.673. The Hall–Kier alpha value is -0.750. The lowest BCUT2D eigenvalue weighted by Crippen LogP contribution is -2.04. The first-order chi connectivity index (χ1) is 8.93. The Labute approximate surface area is 117 Å². The summed E-state index contributed by atoms with van der Waals surface area (Å²) in [7, 11) is 0. The van der Waals surface area contributed by atoms with E-state index in [1.165, 1.54) is 43.4 Å². The van der Waals surface area contributed by atoms with Crippen molar-refractivity contribution in [1.29, 1.82) is 0 Å². The molecule has 1 aliphatic heterocycles. The molecule has 0 unspecified atom stereocenters. The van der Waals surface area contributed by atoms with Crippen LogP contribution in [0.2, 0.25) is 0 Å². The van der Waals surface area contributed by atoms with E-state index >= 15 is 0 Å². The van der Waals surface area contributed by atoms with Gasteiger partial charge in [-0.05, 0) is 17.2 Å². The lowest BCUT2D eigenvalue weighted by molar-refractivity contribution is 0.683. The second-order valence-electron chi connectivity index (χ2n) is 3.67. The van der Waals surface area contributed by atoms with Crippen LogP contribution in [0.25, 0.3) is 0 Å². The minimum atomic E-state index is 0.673. The number of nitrogens with zero attached hydrogens (tertiary/aromatic N) is 3. The van der Waals surface area contributed by atoms with Crippen LogP contribution in [0.5, 0.6) is 0 Å². The van der Waals surface area contributed by atoms with Gasteiger partial charge in [-0.2, -0.15) is 0 Å². The molecule has 0 spiro atoms. The maximum absolute atomic E-state index is 3.96. The zero-order valence-corrected chi connectivity index (χ0v) is 12.3. The fourth-order valence-electron chi connectivity index (χ4n) is 1.28. The van der Waals surface area contributed by atoms with Gasteiger partial charge < -0.3 is 5.32 Å². The standard InChI is InChI=1S/C9H16N4.C3H4S2/c1-2-3-4-5-6-11-9-12-7-10-8-13-9;1-2-5-3-4-1/h7-8H,2-6H2,1H3,(H,10,11,12,13);1-2H,3H2. The Bertz CT molecular complexity index is 313. The van der Waals surface area contributed by atoms with E-state index < -0.39 is 0 Å². The van der Waals surface area contributed by atoms with Crippen molar-refractivity contribution in [3.8, 4) is 0 Å². The predicted molar refractivity (Wildman–Crippen MR) is 81.6 cm³/mol. The van der Waals surface area contributed by atoms with Gasteiger partial charge in [0.2, 0.25) is 5.95 Å². The Kier molecular flexibility index (Phi) is 9.65. The summed E-state index contributed by atoms with van der Waals surface area (Å²) in [6, 6.07) is 0. The van der Waals surface area contributed by atoms with E-state index in [1.54, 1.807) is 0 Å². The van der Waals surface area contributed by atoms with E-state index in [4.69, 9.17) is 0 Å². The number of anilines is 1. The van der Waals surface area contributed by atoms with Gasteiger partial charge >= 0.3 is 0 Å². The molecule has 0 bridgehead atoms. The van der Waals surface area contributed by atoms with Crippen LogP contribution in [0.1, 0.15) is 32.6 Å². The van der Waals surface area contributed by atoms with Gasteiger partial charge in [0.1, 0.15) is 12.7 Å². The molecule has 1 aliphatic rings. The monoisotopic (exact) mass is 284 g/mol. The second-order valence-corrected chi connectivity index (χ2v) is 5.83. The van der Waals surface area contributed by atoms with E-state index in [0.717, 1.165) is 6.54 Å². The zero-order valence-electron chi connectivity index (χ0n) is 10.7. The van der Waals surface area contributed by atoms with Crippen LogP contribution in [0.3, 0.4) is 0 Å². The second kappa shape index (κ2) is 11.3. The number of unbranched alkanes of at least 4 members (excludes halogenated alkanes) is 3. The van der Waals surface area contributed by atoms with E-state index in [9.17, 15) is 0 Å². The van der Waals surface area contributed by atoms with Gasteiger partial charge in [0.25, 0.3) is 0 Å². The molecule has 0 amide bonds. The van der Waals surface area contributed by atoms with Crippen molar-refractivity contribution in [3.05, 3.63) is 23.5 Å². The number of rotatable bonds is 6. The molecule has 1 N–H and O–H groups in total. The number of thioether (sulfide) groups is 2. The summed E-state index contributed by atoms with van der Waals surface area (Å²) in [5, 5.41) is 8.60.